The van der Waals surface area contributed by atoms with Crippen molar-refractivity contribution in [3.8, 4) is 11.1 Å². The maximum Gasteiger partial charge on any atom is 0.416 e. The van der Waals surface area contributed by atoms with Gasteiger partial charge in [-0.15, -0.1) is 0 Å². The van der Waals surface area contributed by atoms with Crippen LogP contribution in [-0.2, 0) is 21.1 Å². The lowest BCUT2D eigenvalue weighted by atomic mass is 9.74. The first-order chi connectivity index (χ1) is 11.9. The maximum absolute atomic E-state index is 12.7. The number of fused-ring (bicyclic) bond motifs is 2. The molecular weight excluding hydrogens is 331 g/mol. The molecule has 2 heterocycles. The molecule has 2 aliphatic rings. The van der Waals surface area contributed by atoms with Crippen LogP contribution >= 0.6 is 0 Å². The van der Waals surface area contributed by atoms with Gasteiger partial charge in [0.1, 0.15) is 0 Å². The number of carbonyl (C=O) groups excluding carboxylic acids is 1. The number of benzene rings is 2. The molecule has 2 aliphatic heterocycles. The van der Waals surface area contributed by atoms with Gasteiger partial charge in [-0.1, -0.05) is 18.2 Å². The second kappa shape index (κ2) is 5.59. The summed E-state index contributed by atoms with van der Waals surface area (Å²) in [7, 11) is 0. The Morgan fingerprint density at radius 2 is 1.60 bits per heavy atom. The van der Waals surface area contributed by atoms with Gasteiger partial charge in [0.25, 0.3) is 0 Å². The minimum absolute atomic E-state index is 0.0182. The van der Waals surface area contributed by atoms with E-state index < -0.39 is 17.2 Å². The molecule has 3 nitrogen and oxygen atoms in total. The topological polar surface area (TPSA) is 38.3 Å². The van der Waals surface area contributed by atoms with Gasteiger partial charge < -0.3 is 10.1 Å². The minimum atomic E-state index is -4.35. The molecule has 25 heavy (non-hydrogen) atoms. The van der Waals surface area contributed by atoms with Crippen molar-refractivity contribution in [3.63, 3.8) is 0 Å². The van der Waals surface area contributed by atoms with E-state index in [1.807, 2.05) is 18.2 Å². The van der Waals surface area contributed by atoms with Crippen LogP contribution in [0.3, 0.4) is 0 Å². The molecule has 2 aromatic rings. The van der Waals surface area contributed by atoms with Crippen LogP contribution in [0.2, 0.25) is 0 Å². The Balaban J connectivity index is 1.73. The van der Waals surface area contributed by atoms with Gasteiger partial charge in [0.05, 0.1) is 11.0 Å². The quantitative estimate of drug-likeness (QED) is 0.832. The highest BCUT2D eigenvalue weighted by Crippen LogP contribution is 2.46. The first-order valence-corrected chi connectivity index (χ1v) is 8.11. The van der Waals surface area contributed by atoms with Crippen LogP contribution in [0.5, 0.6) is 0 Å². The maximum atomic E-state index is 12.7. The third-order valence-corrected chi connectivity index (χ3v) is 5.11. The van der Waals surface area contributed by atoms with Crippen LogP contribution in [0, 0.1) is 0 Å². The van der Waals surface area contributed by atoms with Crippen LogP contribution in [0.25, 0.3) is 11.1 Å². The Labute approximate surface area is 142 Å². The molecule has 2 aromatic carbocycles. The summed E-state index contributed by atoms with van der Waals surface area (Å²) < 4.78 is 43.6. The molecule has 6 heteroatoms. The molecule has 0 atom stereocenters. The first kappa shape index (κ1) is 16.1. The largest absolute Gasteiger partial charge is 0.416 e. The summed E-state index contributed by atoms with van der Waals surface area (Å²) >= 11 is 0. The molecule has 0 aliphatic carbocycles. The van der Waals surface area contributed by atoms with Gasteiger partial charge in [-0.25, -0.2) is 0 Å². The summed E-state index contributed by atoms with van der Waals surface area (Å²) in [6, 6.07) is 10.6. The Bertz CT molecular complexity index is 822. The van der Waals surface area contributed by atoms with E-state index in [0.717, 1.165) is 28.9 Å². The van der Waals surface area contributed by atoms with Gasteiger partial charge >= 0.3 is 6.18 Å². The molecule has 1 fully saturated rings. The number of alkyl halides is 3. The molecule has 0 saturated carbocycles. The molecule has 130 valence electrons. The minimum Gasteiger partial charge on any atom is -0.381 e. The number of nitrogens with one attached hydrogen (secondary N) is 1. The van der Waals surface area contributed by atoms with E-state index in [-0.39, 0.29) is 5.91 Å². The van der Waals surface area contributed by atoms with Gasteiger partial charge in [-0.3, -0.25) is 4.79 Å². The number of anilines is 1. The lowest BCUT2D eigenvalue weighted by molar-refractivity contribution is -0.137. The summed E-state index contributed by atoms with van der Waals surface area (Å²) in [6.07, 6.45) is -3.12. The number of hydrogen-bond donors (Lipinski definition) is 1. The lowest BCUT2D eigenvalue weighted by Crippen LogP contribution is -2.39. The number of rotatable bonds is 1. The third kappa shape index (κ3) is 2.61. The number of halogens is 3. The average Bonchev–Trinajstić information content (AvgIpc) is 2.86. The fourth-order valence-electron chi connectivity index (χ4n) is 3.66. The fourth-order valence-corrected chi connectivity index (χ4v) is 3.66. The Hall–Kier alpha value is -2.34. The Morgan fingerprint density at radius 1 is 0.960 bits per heavy atom. The number of hydrogen-bond acceptors (Lipinski definition) is 2. The van der Waals surface area contributed by atoms with E-state index in [9.17, 15) is 18.0 Å². The molecule has 1 saturated heterocycles. The van der Waals surface area contributed by atoms with E-state index in [4.69, 9.17) is 4.74 Å². The monoisotopic (exact) mass is 347 g/mol. The van der Waals surface area contributed by atoms with Crippen molar-refractivity contribution in [2.24, 2.45) is 0 Å². The van der Waals surface area contributed by atoms with Gasteiger partial charge in [-0.05, 0) is 53.8 Å². The molecule has 0 aromatic heterocycles. The van der Waals surface area contributed by atoms with E-state index >= 15 is 0 Å². The summed E-state index contributed by atoms with van der Waals surface area (Å²) in [5.74, 6) is -0.0182. The smallest absolute Gasteiger partial charge is 0.381 e. The fraction of sp³-hybridized carbons (Fsp3) is 0.316. The van der Waals surface area contributed by atoms with Gasteiger partial charge in [0.15, 0.2) is 0 Å². The number of carbonyl (C=O) groups is 1. The van der Waals surface area contributed by atoms with Crippen molar-refractivity contribution < 1.29 is 22.7 Å². The van der Waals surface area contributed by atoms with Crippen molar-refractivity contribution in [2.75, 3.05) is 18.5 Å². The highest BCUT2D eigenvalue weighted by molar-refractivity contribution is 6.06. The zero-order valence-electron chi connectivity index (χ0n) is 13.3. The standard InChI is InChI=1S/C19H16F3NO2/c20-19(21,22)14-4-1-12(2-5-14)13-3-6-16-15(11-13)18(17(24)23-16)7-9-25-10-8-18/h1-6,11H,7-10H2,(H,23,24). The molecule has 1 spiro atoms. The summed E-state index contributed by atoms with van der Waals surface area (Å²) in [6.45, 7) is 1.05. The first-order valence-electron chi connectivity index (χ1n) is 8.11. The zero-order chi connectivity index (χ0) is 17.7. The van der Waals surface area contributed by atoms with E-state index in [2.05, 4.69) is 5.32 Å². The van der Waals surface area contributed by atoms with Crippen molar-refractivity contribution in [1.82, 2.24) is 0 Å². The van der Waals surface area contributed by atoms with E-state index in [1.54, 1.807) is 0 Å². The Morgan fingerprint density at radius 3 is 2.24 bits per heavy atom. The van der Waals surface area contributed by atoms with Crippen LogP contribution < -0.4 is 5.32 Å². The number of ether oxygens (including phenoxy) is 1. The molecule has 1 amide bonds. The molecule has 1 N–H and O–H groups in total. The number of amides is 1. The predicted octanol–water partition coefficient (Wildman–Crippen LogP) is 4.37. The van der Waals surface area contributed by atoms with Crippen LogP contribution in [0.4, 0.5) is 18.9 Å². The van der Waals surface area contributed by atoms with Gasteiger partial charge in [0.2, 0.25) is 5.91 Å². The van der Waals surface area contributed by atoms with Gasteiger partial charge in [-0.2, -0.15) is 13.2 Å². The molecular formula is C19H16F3NO2. The predicted molar refractivity (Wildman–Crippen MR) is 87.2 cm³/mol. The lowest BCUT2D eigenvalue weighted by Gasteiger charge is -2.31. The second-order valence-corrected chi connectivity index (χ2v) is 6.48. The van der Waals surface area contributed by atoms with Crippen molar-refractivity contribution >= 4 is 11.6 Å². The van der Waals surface area contributed by atoms with Crippen molar-refractivity contribution in [1.29, 1.82) is 0 Å². The summed E-state index contributed by atoms with van der Waals surface area (Å²) in [5.41, 5.74) is 1.93. The SMILES string of the molecule is O=C1Nc2ccc(-c3ccc(C(F)(F)F)cc3)cc2C12CCOCC2. The van der Waals surface area contributed by atoms with Crippen molar-refractivity contribution in [3.05, 3.63) is 53.6 Å². The molecule has 4 rings (SSSR count). The zero-order valence-corrected chi connectivity index (χ0v) is 13.3. The van der Waals surface area contributed by atoms with E-state index in [0.29, 0.717) is 31.6 Å². The highest BCUT2D eigenvalue weighted by Gasteiger charge is 2.47. The average molecular weight is 347 g/mol. The molecule has 0 bridgehead atoms. The van der Waals surface area contributed by atoms with Crippen molar-refractivity contribution in [2.45, 2.75) is 24.4 Å². The van der Waals surface area contributed by atoms with Crippen LogP contribution in [0.15, 0.2) is 42.5 Å². The Kier molecular flexibility index (Phi) is 3.61. The van der Waals surface area contributed by atoms with Gasteiger partial charge in [0, 0.05) is 18.9 Å². The summed E-state index contributed by atoms with van der Waals surface area (Å²) in [4.78, 5) is 12.5. The van der Waals surface area contributed by atoms with Crippen LogP contribution in [-0.4, -0.2) is 19.1 Å². The van der Waals surface area contributed by atoms with E-state index in [1.165, 1.54) is 12.1 Å². The second-order valence-electron chi connectivity index (χ2n) is 6.48. The molecule has 0 unspecified atom stereocenters. The van der Waals surface area contributed by atoms with Crippen LogP contribution in [0.1, 0.15) is 24.0 Å². The normalized spacial score (nSPS) is 18.9. The third-order valence-electron chi connectivity index (χ3n) is 5.11. The summed E-state index contributed by atoms with van der Waals surface area (Å²) in [5, 5.41) is 2.92. The highest BCUT2D eigenvalue weighted by atomic mass is 19.4. The molecule has 0 radical (unpaired) electrons.